The molecule has 1 aromatic carbocycles. The first-order chi connectivity index (χ1) is 10.0. The van der Waals surface area contributed by atoms with Crippen LogP contribution in [0, 0.1) is 5.92 Å². The summed E-state index contributed by atoms with van der Waals surface area (Å²) < 4.78 is 0. The molecule has 1 aliphatic rings. The van der Waals surface area contributed by atoms with E-state index < -0.39 is 17.4 Å². The molecular formula is C16H13ClN2O2. The molecule has 4 nitrogen and oxygen atoms in total. The lowest BCUT2D eigenvalue weighted by molar-refractivity contribution is -0.141. The highest BCUT2D eigenvalue weighted by Crippen LogP contribution is 2.36. The van der Waals surface area contributed by atoms with E-state index in [1.54, 1.807) is 48.7 Å². The zero-order valence-corrected chi connectivity index (χ0v) is 11.8. The van der Waals surface area contributed by atoms with Gasteiger partial charge in [0.05, 0.1) is 11.1 Å². The smallest absolute Gasteiger partial charge is 0.312 e. The number of aromatic nitrogens is 1. The first-order valence-corrected chi connectivity index (χ1v) is 6.82. The van der Waals surface area contributed by atoms with Gasteiger partial charge in [-0.3, -0.25) is 9.78 Å². The number of benzene rings is 1. The molecule has 0 bridgehead atoms. The van der Waals surface area contributed by atoms with Crippen molar-refractivity contribution in [1.82, 2.24) is 4.98 Å². The standard InChI is InChI=1S/C16H13ClN2O2/c17-10-4-5-11-12(6-8-19-14(11)9-10)16(18)7-2-1-3-13(16)15(20)21/h1-9,13H,18H2,(H,20,21). The lowest BCUT2D eigenvalue weighted by atomic mass is 9.75. The number of allylic oxidation sites excluding steroid dienone is 2. The van der Waals surface area contributed by atoms with Crippen LogP contribution in [0.3, 0.4) is 0 Å². The fraction of sp³-hybridized carbons (Fsp3) is 0.125. The van der Waals surface area contributed by atoms with Crippen LogP contribution in [0.25, 0.3) is 10.9 Å². The van der Waals surface area contributed by atoms with E-state index >= 15 is 0 Å². The molecule has 3 N–H and O–H groups in total. The Kier molecular flexibility index (Phi) is 3.27. The van der Waals surface area contributed by atoms with Crippen LogP contribution in [0.15, 0.2) is 54.8 Å². The molecule has 3 rings (SSSR count). The Bertz CT molecular complexity index is 785. The highest BCUT2D eigenvalue weighted by Gasteiger charge is 2.40. The quantitative estimate of drug-likeness (QED) is 0.894. The number of nitrogens with two attached hydrogens (primary N) is 1. The highest BCUT2D eigenvalue weighted by atomic mass is 35.5. The van der Waals surface area contributed by atoms with Gasteiger partial charge in [-0.05, 0) is 23.8 Å². The molecule has 2 atom stereocenters. The lowest BCUT2D eigenvalue weighted by Crippen LogP contribution is -2.46. The molecule has 0 saturated carbocycles. The first kappa shape index (κ1) is 13.8. The van der Waals surface area contributed by atoms with Gasteiger partial charge < -0.3 is 10.8 Å². The summed E-state index contributed by atoms with van der Waals surface area (Å²) in [5.41, 5.74) is 6.75. The van der Waals surface area contributed by atoms with Crippen LogP contribution in [0.5, 0.6) is 0 Å². The Morgan fingerprint density at radius 2 is 2.14 bits per heavy atom. The summed E-state index contributed by atoms with van der Waals surface area (Å²) in [5.74, 6) is -1.79. The van der Waals surface area contributed by atoms with E-state index in [1.807, 2.05) is 6.07 Å². The van der Waals surface area contributed by atoms with E-state index in [2.05, 4.69) is 4.98 Å². The van der Waals surface area contributed by atoms with Crippen molar-refractivity contribution in [1.29, 1.82) is 0 Å². The topological polar surface area (TPSA) is 76.2 Å². The van der Waals surface area contributed by atoms with Crippen LogP contribution in [0.1, 0.15) is 5.56 Å². The zero-order valence-electron chi connectivity index (χ0n) is 11.0. The second-order valence-corrected chi connectivity index (χ2v) is 5.45. The monoisotopic (exact) mass is 300 g/mol. The largest absolute Gasteiger partial charge is 0.481 e. The number of fused-ring (bicyclic) bond motifs is 1. The Morgan fingerprint density at radius 3 is 2.90 bits per heavy atom. The summed E-state index contributed by atoms with van der Waals surface area (Å²) in [6, 6.07) is 7.06. The average molecular weight is 301 g/mol. The summed E-state index contributed by atoms with van der Waals surface area (Å²) >= 11 is 5.98. The molecule has 1 aromatic heterocycles. The molecule has 2 unspecified atom stereocenters. The third-order valence-electron chi connectivity index (χ3n) is 3.74. The molecule has 5 heteroatoms. The minimum absolute atomic E-state index is 0.576. The summed E-state index contributed by atoms with van der Waals surface area (Å²) in [6.07, 6.45) is 8.40. The Balaban J connectivity index is 2.26. The van der Waals surface area contributed by atoms with E-state index in [-0.39, 0.29) is 0 Å². The van der Waals surface area contributed by atoms with Crippen molar-refractivity contribution in [2.75, 3.05) is 0 Å². The molecule has 0 fully saturated rings. The van der Waals surface area contributed by atoms with Crippen LogP contribution in [0.2, 0.25) is 5.02 Å². The van der Waals surface area contributed by atoms with Crippen molar-refractivity contribution in [3.05, 3.63) is 65.4 Å². The molecule has 0 amide bonds. The van der Waals surface area contributed by atoms with Crippen molar-refractivity contribution in [2.24, 2.45) is 11.7 Å². The molecule has 2 aromatic rings. The van der Waals surface area contributed by atoms with Crippen molar-refractivity contribution in [2.45, 2.75) is 5.54 Å². The predicted molar refractivity (Wildman–Crippen MR) is 82.0 cm³/mol. The first-order valence-electron chi connectivity index (χ1n) is 6.45. The van der Waals surface area contributed by atoms with E-state index in [9.17, 15) is 9.90 Å². The number of hydrogen-bond acceptors (Lipinski definition) is 3. The lowest BCUT2D eigenvalue weighted by Gasteiger charge is -2.33. The van der Waals surface area contributed by atoms with Crippen molar-refractivity contribution >= 4 is 28.5 Å². The van der Waals surface area contributed by atoms with Gasteiger partial charge in [-0.15, -0.1) is 0 Å². The van der Waals surface area contributed by atoms with Crippen molar-refractivity contribution < 1.29 is 9.90 Å². The van der Waals surface area contributed by atoms with Gasteiger partial charge in [0.1, 0.15) is 5.92 Å². The van der Waals surface area contributed by atoms with Crippen molar-refractivity contribution in [3.8, 4) is 0 Å². The van der Waals surface area contributed by atoms with E-state index in [0.717, 1.165) is 10.9 Å². The Hall–Kier alpha value is -2.17. The van der Waals surface area contributed by atoms with Gasteiger partial charge in [0.25, 0.3) is 0 Å². The number of carbonyl (C=O) groups is 1. The maximum atomic E-state index is 11.5. The van der Waals surface area contributed by atoms with E-state index in [4.69, 9.17) is 17.3 Å². The number of pyridine rings is 1. The minimum atomic E-state index is -1.12. The fourth-order valence-corrected chi connectivity index (χ4v) is 2.86. The molecular weight excluding hydrogens is 288 g/mol. The zero-order chi connectivity index (χ0) is 15.0. The summed E-state index contributed by atoms with van der Waals surface area (Å²) in [6.45, 7) is 0. The average Bonchev–Trinajstić information content (AvgIpc) is 2.46. The molecule has 0 spiro atoms. The minimum Gasteiger partial charge on any atom is -0.481 e. The molecule has 0 aliphatic heterocycles. The number of nitrogens with zero attached hydrogens (tertiary/aromatic N) is 1. The van der Waals surface area contributed by atoms with Crippen LogP contribution < -0.4 is 5.73 Å². The van der Waals surface area contributed by atoms with Crippen LogP contribution in [-0.2, 0) is 10.3 Å². The number of aliphatic carboxylic acids is 1. The highest BCUT2D eigenvalue weighted by molar-refractivity contribution is 6.31. The third kappa shape index (κ3) is 2.22. The van der Waals surface area contributed by atoms with E-state index in [0.29, 0.717) is 10.5 Å². The number of rotatable bonds is 2. The number of carboxylic acid groups (broad SMARTS) is 1. The normalized spacial score (nSPS) is 24.4. The summed E-state index contributed by atoms with van der Waals surface area (Å²) in [4.78, 5) is 15.8. The predicted octanol–water partition coefficient (Wildman–Crippen LogP) is 2.87. The molecule has 21 heavy (non-hydrogen) atoms. The van der Waals surface area contributed by atoms with Gasteiger partial charge in [0, 0.05) is 16.6 Å². The molecule has 0 radical (unpaired) electrons. The molecule has 1 aliphatic carbocycles. The number of halogens is 1. The Morgan fingerprint density at radius 1 is 1.33 bits per heavy atom. The molecule has 0 saturated heterocycles. The second-order valence-electron chi connectivity index (χ2n) is 5.01. The summed E-state index contributed by atoms with van der Waals surface area (Å²) in [7, 11) is 0. The fourth-order valence-electron chi connectivity index (χ4n) is 2.70. The van der Waals surface area contributed by atoms with Crippen LogP contribution in [-0.4, -0.2) is 16.1 Å². The van der Waals surface area contributed by atoms with Crippen LogP contribution in [0.4, 0.5) is 0 Å². The SMILES string of the molecule is NC1(c2ccnc3cc(Cl)ccc23)C=CC=CC1C(=O)O. The van der Waals surface area contributed by atoms with Crippen LogP contribution >= 0.6 is 11.6 Å². The van der Waals surface area contributed by atoms with E-state index in [1.165, 1.54) is 0 Å². The third-order valence-corrected chi connectivity index (χ3v) is 3.97. The van der Waals surface area contributed by atoms with Gasteiger partial charge in [-0.25, -0.2) is 0 Å². The van der Waals surface area contributed by atoms with Gasteiger partial charge in [0.15, 0.2) is 0 Å². The maximum Gasteiger partial charge on any atom is 0.312 e. The number of hydrogen-bond donors (Lipinski definition) is 2. The maximum absolute atomic E-state index is 11.5. The Labute approximate surface area is 126 Å². The van der Waals surface area contributed by atoms with Gasteiger partial charge in [-0.2, -0.15) is 0 Å². The van der Waals surface area contributed by atoms with Gasteiger partial charge in [0.2, 0.25) is 0 Å². The van der Waals surface area contributed by atoms with Gasteiger partial charge in [-0.1, -0.05) is 42.0 Å². The molecule has 106 valence electrons. The number of carboxylic acids is 1. The second kappa shape index (κ2) is 4.98. The summed E-state index contributed by atoms with van der Waals surface area (Å²) in [5, 5.41) is 10.8. The molecule has 1 heterocycles. The van der Waals surface area contributed by atoms with Gasteiger partial charge >= 0.3 is 5.97 Å². The van der Waals surface area contributed by atoms with Crippen molar-refractivity contribution in [3.63, 3.8) is 0 Å².